The molecular weight excluding hydrogens is 206 g/mol. The number of benzene rings is 1. The van der Waals surface area contributed by atoms with Crippen LogP contribution < -0.4 is 10.6 Å². The van der Waals surface area contributed by atoms with Crippen LogP contribution in [0.1, 0.15) is 0 Å². The van der Waals surface area contributed by atoms with Gasteiger partial charge in [-0.2, -0.15) is 0 Å². The number of nitrogens with two attached hydrogens (primary N) is 1. The van der Waals surface area contributed by atoms with E-state index in [1.807, 2.05) is 31.6 Å². The Labute approximate surface area is 93.2 Å². The van der Waals surface area contributed by atoms with Crippen molar-refractivity contribution in [2.75, 3.05) is 24.7 Å². The molecule has 2 aromatic rings. The van der Waals surface area contributed by atoms with Gasteiger partial charge in [-0.05, 0) is 12.1 Å². The van der Waals surface area contributed by atoms with Gasteiger partial charge in [-0.25, -0.2) is 4.98 Å². The van der Waals surface area contributed by atoms with Gasteiger partial charge in [-0.1, -0.05) is 12.1 Å². The highest BCUT2D eigenvalue weighted by atomic mass is 32.1. The van der Waals surface area contributed by atoms with Gasteiger partial charge in [0.15, 0.2) is 5.13 Å². The Kier molecular flexibility index (Phi) is 2.60. The number of hydrogen-bond donors (Lipinski definition) is 1. The summed E-state index contributed by atoms with van der Waals surface area (Å²) in [5.74, 6) is 0. The van der Waals surface area contributed by atoms with Crippen LogP contribution in [0.4, 0.5) is 10.8 Å². The van der Waals surface area contributed by atoms with Gasteiger partial charge in [-0.3, -0.25) is 0 Å². The minimum absolute atomic E-state index is 0.611. The van der Waals surface area contributed by atoms with E-state index in [-0.39, 0.29) is 0 Å². The van der Waals surface area contributed by atoms with Crippen molar-refractivity contribution in [1.82, 2.24) is 4.98 Å². The predicted molar refractivity (Wildman–Crippen MR) is 66.3 cm³/mol. The predicted octanol–water partition coefficient (Wildman–Crippen LogP) is 2.46. The molecule has 0 spiro atoms. The van der Waals surface area contributed by atoms with Crippen LogP contribution in [0.25, 0.3) is 11.3 Å². The number of aromatic nitrogens is 1. The van der Waals surface area contributed by atoms with E-state index >= 15 is 0 Å². The second-order valence-electron chi connectivity index (χ2n) is 3.52. The van der Waals surface area contributed by atoms with Gasteiger partial charge in [-0.15, -0.1) is 11.3 Å². The second-order valence-corrected chi connectivity index (χ2v) is 4.41. The Bertz CT molecular complexity index is 462. The summed E-state index contributed by atoms with van der Waals surface area (Å²) >= 11 is 1.47. The van der Waals surface area contributed by atoms with Crippen molar-refractivity contribution in [3.63, 3.8) is 0 Å². The first kappa shape index (κ1) is 9.98. The molecule has 0 saturated heterocycles. The molecule has 2 rings (SSSR count). The van der Waals surface area contributed by atoms with E-state index in [4.69, 9.17) is 5.73 Å². The largest absolute Gasteiger partial charge is 0.378 e. The van der Waals surface area contributed by atoms with Gasteiger partial charge < -0.3 is 10.6 Å². The average Bonchev–Trinajstić information content (AvgIpc) is 2.65. The van der Waals surface area contributed by atoms with E-state index in [9.17, 15) is 0 Å². The lowest BCUT2D eigenvalue weighted by Crippen LogP contribution is -2.08. The van der Waals surface area contributed by atoms with E-state index in [1.165, 1.54) is 17.0 Å². The molecule has 1 aromatic heterocycles. The summed E-state index contributed by atoms with van der Waals surface area (Å²) in [5, 5.41) is 2.59. The zero-order valence-corrected chi connectivity index (χ0v) is 9.58. The lowest BCUT2D eigenvalue weighted by molar-refractivity contribution is 1.13. The van der Waals surface area contributed by atoms with Crippen molar-refractivity contribution in [2.24, 2.45) is 0 Å². The minimum Gasteiger partial charge on any atom is -0.378 e. The Balaban J connectivity index is 2.41. The average molecular weight is 219 g/mol. The molecule has 0 aliphatic heterocycles. The highest BCUT2D eigenvalue weighted by Crippen LogP contribution is 2.25. The fraction of sp³-hybridized carbons (Fsp3) is 0.182. The molecule has 0 fully saturated rings. The van der Waals surface area contributed by atoms with Crippen LogP contribution in [-0.2, 0) is 0 Å². The normalized spacial score (nSPS) is 10.3. The molecule has 0 atom stereocenters. The lowest BCUT2D eigenvalue weighted by atomic mass is 10.1. The van der Waals surface area contributed by atoms with E-state index in [0.717, 1.165) is 11.3 Å². The summed E-state index contributed by atoms with van der Waals surface area (Å²) < 4.78 is 0. The molecule has 4 heteroatoms. The maximum Gasteiger partial charge on any atom is 0.180 e. The van der Waals surface area contributed by atoms with E-state index in [0.29, 0.717) is 5.13 Å². The van der Waals surface area contributed by atoms with Crippen molar-refractivity contribution in [3.05, 3.63) is 29.6 Å². The number of thiazole rings is 1. The molecule has 0 radical (unpaired) electrons. The highest BCUT2D eigenvalue weighted by molar-refractivity contribution is 7.13. The highest BCUT2D eigenvalue weighted by Gasteiger charge is 2.03. The molecule has 0 unspecified atom stereocenters. The number of nitrogens with zero attached hydrogens (tertiary/aromatic N) is 2. The monoisotopic (exact) mass is 219 g/mol. The summed E-state index contributed by atoms with van der Waals surface area (Å²) in [6.45, 7) is 0. The SMILES string of the molecule is CN(C)c1cccc(-c2csc(N)n2)c1. The standard InChI is InChI=1S/C11H13N3S/c1-14(2)9-5-3-4-8(6-9)10-7-15-11(12)13-10/h3-7H,1-2H3,(H2,12,13). The Morgan fingerprint density at radius 3 is 2.73 bits per heavy atom. The fourth-order valence-corrected chi connectivity index (χ4v) is 1.94. The first-order valence-electron chi connectivity index (χ1n) is 4.65. The maximum atomic E-state index is 5.61. The molecule has 0 amide bonds. The topological polar surface area (TPSA) is 42.1 Å². The summed E-state index contributed by atoms with van der Waals surface area (Å²) in [7, 11) is 4.04. The minimum atomic E-state index is 0.611. The van der Waals surface area contributed by atoms with Crippen LogP contribution in [0.15, 0.2) is 29.6 Å². The first-order valence-corrected chi connectivity index (χ1v) is 5.53. The Morgan fingerprint density at radius 2 is 2.13 bits per heavy atom. The number of rotatable bonds is 2. The summed E-state index contributed by atoms with van der Waals surface area (Å²) in [6.07, 6.45) is 0. The van der Waals surface area contributed by atoms with Crippen LogP contribution >= 0.6 is 11.3 Å². The van der Waals surface area contributed by atoms with Gasteiger partial charge in [0.05, 0.1) is 5.69 Å². The van der Waals surface area contributed by atoms with Gasteiger partial charge in [0, 0.05) is 30.7 Å². The number of nitrogen functional groups attached to an aromatic ring is 1. The third-order valence-corrected chi connectivity index (χ3v) is 2.85. The molecule has 0 saturated carbocycles. The fourth-order valence-electron chi connectivity index (χ4n) is 1.36. The van der Waals surface area contributed by atoms with Crippen molar-refractivity contribution in [3.8, 4) is 11.3 Å². The van der Waals surface area contributed by atoms with Crippen LogP contribution in [0, 0.1) is 0 Å². The third-order valence-electron chi connectivity index (χ3n) is 2.18. The molecule has 0 aliphatic carbocycles. The molecule has 1 heterocycles. The zero-order valence-electron chi connectivity index (χ0n) is 8.77. The first-order chi connectivity index (χ1) is 7.16. The quantitative estimate of drug-likeness (QED) is 0.843. The van der Waals surface area contributed by atoms with Crippen molar-refractivity contribution >= 4 is 22.2 Å². The smallest absolute Gasteiger partial charge is 0.180 e. The Hall–Kier alpha value is -1.55. The van der Waals surface area contributed by atoms with E-state index < -0.39 is 0 Å². The van der Waals surface area contributed by atoms with Gasteiger partial charge >= 0.3 is 0 Å². The zero-order chi connectivity index (χ0) is 10.8. The van der Waals surface area contributed by atoms with Crippen molar-refractivity contribution < 1.29 is 0 Å². The van der Waals surface area contributed by atoms with Gasteiger partial charge in [0.25, 0.3) is 0 Å². The van der Waals surface area contributed by atoms with Gasteiger partial charge in [0.1, 0.15) is 0 Å². The lowest BCUT2D eigenvalue weighted by Gasteiger charge is -2.12. The van der Waals surface area contributed by atoms with Crippen molar-refractivity contribution in [1.29, 1.82) is 0 Å². The molecular formula is C11H13N3S. The van der Waals surface area contributed by atoms with E-state index in [2.05, 4.69) is 22.0 Å². The van der Waals surface area contributed by atoms with Crippen LogP contribution in [0.3, 0.4) is 0 Å². The molecule has 15 heavy (non-hydrogen) atoms. The molecule has 2 N–H and O–H groups in total. The molecule has 3 nitrogen and oxygen atoms in total. The van der Waals surface area contributed by atoms with Crippen LogP contribution in [0.2, 0.25) is 0 Å². The number of anilines is 2. The van der Waals surface area contributed by atoms with Crippen LogP contribution in [0.5, 0.6) is 0 Å². The summed E-state index contributed by atoms with van der Waals surface area (Å²) in [6, 6.07) is 8.25. The maximum absolute atomic E-state index is 5.61. The molecule has 1 aromatic carbocycles. The second kappa shape index (κ2) is 3.90. The van der Waals surface area contributed by atoms with E-state index in [1.54, 1.807) is 0 Å². The summed E-state index contributed by atoms with van der Waals surface area (Å²) in [5.41, 5.74) is 8.83. The van der Waals surface area contributed by atoms with Crippen LogP contribution in [-0.4, -0.2) is 19.1 Å². The molecule has 0 bridgehead atoms. The van der Waals surface area contributed by atoms with Gasteiger partial charge in [0.2, 0.25) is 0 Å². The third kappa shape index (κ3) is 2.10. The molecule has 78 valence electrons. The summed E-state index contributed by atoms with van der Waals surface area (Å²) in [4.78, 5) is 6.33. The Morgan fingerprint density at radius 1 is 1.33 bits per heavy atom. The molecule has 0 aliphatic rings. The number of hydrogen-bond acceptors (Lipinski definition) is 4. The van der Waals surface area contributed by atoms with Crippen molar-refractivity contribution in [2.45, 2.75) is 0 Å².